The van der Waals surface area contributed by atoms with Crippen molar-refractivity contribution in [1.82, 2.24) is 0 Å². The molecule has 3 N–H and O–H groups in total. The van der Waals surface area contributed by atoms with Gasteiger partial charge in [-0.1, -0.05) is 0 Å². The molecule has 2 saturated heterocycles. The minimum absolute atomic E-state index is 0.214. The number of hydrogen-bond acceptors (Lipinski definition) is 7. The first-order valence-corrected chi connectivity index (χ1v) is 15.5. The molecule has 7 rings (SSSR count). The van der Waals surface area contributed by atoms with Gasteiger partial charge in [-0.25, -0.2) is 8.42 Å². The van der Waals surface area contributed by atoms with E-state index in [9.17, 15) is 13.2 Å². The van der Waals surface area contributed by atoms with E-state index >= 15 is 0 Å². The highest BCUT2D eigenvalue weighted by Gasteiger charge is 2.46. The first-order chi connectivity index (χ1) is 18.8. The molecule has 206 valence electrons. The molecule has 2 aliphatic carbocycles. The molecule has 9 nitrogen and oxygen atoms in total. The minimum Gasteiger partial charge on any atom is -0.462 e. The minimum atomic E-state index is -3.67. The molecule has 2 atom stereocenters. The first kappa shape index (κ1) is 24.8. The van der Waals surface area contributed by atoms with Gasteiger partial charge in [0.2, 0.25) is 10.0 Å². The van der Waals surface area contributed by atoms with Crippen molar-refractivity contribution in [2.45, 2.75) is 32.1 Å². The normalized spacial score (nSPS) is 23.2. The van der Waals surface area contributed by atoms with E-state index in [0.717, 1.165) is 73.2 Å². The number of aliphatic hydroxyl groups is 1. The Morgan fingerprint density at radius 2 is 1.77 bits per heavy atom. The van der Waals surface area contributed by atoms with E-state index in [2.05, 4.69) is 19.8 Å². The van der Waals surface area contributed by atoms with E-state index in [0.29, 0.717) is 22.4 Å². The van der Waals surface area contributed by atoms with Crippen LogP contribution in [0.4, 0.5) is 22.7 Å². The lowest BCUT2D eigenvalue weighted by Crippen LogP contribution is -2.35. The maximum absolute atomic E-state index is 13.6. The third kappa shape index (κ3) is 4.84. The largest absolute Gasteiger partial charge is 0.462 e. The first-order valence-electron chi connectivity index (χ1n) is 13.9. The third-order valence-corrected chi connectivity index (χ3v) is 10.4. The zero-order chi connectivity index (χ0) is 26.8. The van der Waals surface area contributed by atoms with Crippen LogP contribution in [0.15, 0.2) is 47.1 Å². The van der Waals surface area contributed by atoms with Gasteiger partial charge in [-0.05, 0) is 85.8 Å². The lowest BCUT2D eigenvalue weighted by Gasteiger charge is -2.35. The topological polar surface area (TPSA) is 115 Å². The van der Waals surface area contributed by atoms with Crippen molar-refractivity contribution in [2.24, 2.45) is 17.3 Å². The number of furan rings is 1. The van der Waals surface area contributed by atoms with Gasteiger partial charge in [0, 0.05) is 37.1 Å². The fourth-order valence-corrected chi connectivity index (χ4v) is 7.26. The Labute approximate surface area is 228 Å². The SMILES string of the molecule is O=C(Nc1ccc(NS(=O)(=O)CCO)cc1N1CCC2(CC1)CC2)c1cc(N2CC3CC3C2)c2occc2c1. The average molecular weight is 551 g/mol. The predicted octanol–water partition coefficient (Wildman–Crippen LogP) is 4.26. The number of fused-ring (bicyclic) bond motifs is 2. The van der Waals surface area contributed by atoms with Crippen LogP contribution >= 0.6 is 0 Å². The molecule has 4 aliphatic rings. The summed E-state index contributed by atoms with van der Waals surface area (Å²) >= 11 is 0. The number of anilines is 4. The average Bonchev–Trinajstić information content (AvgIpc) is 3.73. The standard InChI is InChI=1S/C29H34N4O5S/c34-10-12-39(36,37)31-23-1-2-24(25(16-23)32-8-6-29(4-5-29)7-9-32)30-28(35)20-13-19-3-11-38-27(19)26(15-20)33-17-21-14-22(21)18-33/h1-3,11,13,15-16,21-22,31,34H,4-10,12,14,17-18H2,(H,30,35). The van der Waals surface area contributed by atoms with Crippen molar-refractivity contribution in [3.05, 3.63) is 48.2 Å². The molecule has 1 spiro atoms. The summed E-state index contributed by atoms with van der Waals surface area (Å²) in [5, 5.41) is 13.1. The second-order valence-corrected chi connectivity index (χ2v) is 13.7. The van der Waals surface area contributed by atoms with Crippen LogP contribution in [0.5, 0.6) is 0 Å². The van der Waals surface area contributed by atoms with Crippen molar-refractivity contribution in [3.63, 3.8) is 0 Å². The molecule has 10 heteroatoms. The van der Waals surface area contributed by atoms with Gasteiger partial charge in [0.15, 0.2) is 5.58 Å². The molecule has 3 aromatic rings. The van der Waals surface area contributed by atoms with Crippen molar-refractivity contribution < 1.29 is 22.7 Å². The van der Waals surface area contributed by atoms with Crippen molar-refractivity contribution >= 4 is 49.6 Å². The van der Waals surface area contributed by atoms with E-state index in [1.54, 1.807) is 24.5 Å². The number of piperidine rings is 2. The molecule has 2 aliphatic heterocycles. The number of amides is 1. The van der Waals surface area contributed by atoms with E-state index in [1.165, 1.54) is 19.3 Å². The third-order valence-electron chi connectivity index (χ3n) is 9.11. The highest BCUT2D eigenvalue weighted by molar-refractivity contribution is 7.92. The fraction of sp³-hybridized carbons (Fsp3) is 0.483. The number of benzene rings is 2. The number of carbonyl (C=O) groups is 1. The van der Waals surface area contributed by atoms with E-state index in [1.807, 2.05) is 18.2 Å². The summed E-state index contributed by atoms with van der Waals surface area (Å²) in [6, 6.07) is 10.9. The molecule has 0 radical (unpaired) electrons. The summed E-state index contributed by atoms with van der Waals surface area (Å²) in [7, 11) is -3.67. The summed E-state index contributed by atoms with van der Waals surface area (Å²) in [5.41, 5.74) is 4.68. The molecule has 1 amide bonds. The van der Waals surface area contributed by atoms with Gasteiger partial charge >= 0.3 is 0 Å². The van der Waals surface area contributed by atoms with Gasteiger partial charge in [0.1, 0.15) is 0 Å². The quantitative estimate of drug-likeness (QED) is 0.384. The van der Waals surface area contributed by atoms with Crippen LogP contribution in [-0.2, 0) is 10.0 Å². The summed E-state index contributed by atoms with van der Waals surface area (Å²) < 4.78 is 33.0. The van der Waals surface area contributed by atoms with Crippen molar-refractivity contribution in [3.8, 4) is 0 Å². The molecule has 4 fully saturated rings. The van der Waals surface area contributed by atoms with Crippen LogP contribution in [0, 0.1) is 17.3 Å². The summed E-state index contributed by atoms with van der Waals surface area (Å²) in [4.78, 5) is 18.2. The molecule has 2 aromatic carbocycles. The summed E-state index contributed by atoms with van der Waals surface area (Å²) in [6.07, 6.45) is 7.72. The molecule has 3 heterocycles. The van der Waals surface area contributed by atoms with Crippen molar-refractivity contribution in [1.29, 1.82) is 0 Å². The van der Waals surface area contributed by atoms with Crippen LogP contribution in [0.1, 0.15) is 42.5 Å². The van der Waals surface area contributed by atoms with E-state index in [-0.39, 0.29) is 11.7 Å². The number of aliphatic hydroxyl groups excluding tert-OH is 1. The Bertz CT molecular complexity index is 1530. The van der Waals surface area contributed by atoms with Gasteiger partial charge in [-0.2, -0.15) is 0 Å². The molecule has 2 saturated carbocycles. The lowest BCUT2D eigenvalue weighted by molar-refractivity contribution is 0.102. The number of sulfonamides is 1. The molecule has 2 unspecified atom stereocenters. The van der Waals surface area contributed by atoms with E-state index in [4.69, 9.17) is 9.52 Å². The van der Waals surface area contributed by atoms with Gasteiger partial charge in [0.25, 0.3) is 5.91 Å². The van der Waals surface area contributed by atoms with Crippen molar-refractivity contribution in [2.75, 3.05) is 58.4 Å². The molecular weight excluding hydrogens is 516 g/mol. The number of nitrogens with zero attached hydrogens (tertiary/aromatic N) is 2. The lowest BCUT2D eigenvalue weighted by atomic mass is 9.93. The Morgan fingerprint density at radius 1 is 1.00 bits per heavy atom. The Morgan fingerprint density at radius 3 is 2.49 bits per heavy atom. The number of nitrogens with one attached hydrogen (secondary N) is 2. The van der Waals surface area contributed by atoms with Gasteiger partial charge in [-0.15, -0.1) is 0 Å². The predicted molar refractivity (Wildman–Crippen MR) is 152 cm³/mol. The van der Waals surface area contributed by atoms with Gasteiger partial charge in [0.05, 0.1) is 41.4 Å². The van der Waals surface area contributed by atoms with Gasteiger partial charge in [-0.3, -0.25) is 9.52 Å². The number of rotatable bonds is 8. The van der Waals surface area contributed by atoms with Crippen LogP contribution < -0.4 is 19.8 Å². The highest BCUT2D eigenvalue weighted by Crippen LogP contribution is 2.54. The Kier molecular flexibility index (Phi) is 5.82. The molecule has 1 aromatic heterocycles. The van der Waals surface area contributed by atoms with Crippen LogP contribution in [0.25, 0.3) is 11.0 Å². The molecule has 0 bridgehead atoms. The number of hydrogen-bond donors (Lipinski definition) is 3. The zero-order valence-corrected chi connectivity index (χ0v) is 22.7. The van der Waals surface area contributed by atoms with Crippen LogP contribution in [0.2, 0.25) is 0 Å². The van der Waals surface area contributed by atoms with E-state index < -0.39 is 16.6 Å². The molecule has 39 heavy (non-hydrogen) atoms. The second-order valence-electron chi connectivity index (χ2n) is 11.8. The fourth-order valence-electron chi connectivity index (χ4n) is 6.43. The monoisotopic (exact) mass is 550 g/mol. The highest BCUT2D eigenvalue weighted by atomic mass is 32.2. The van der Waals surface area contributed by atoms with Crippen LogP contribution in [-0.4, -0.2) is 58.0 Å². The maximum Gasteiger partial charge on any atom is 0.255 e. The second kappa shape index (κ2) is 9.16. The summed E-state index contributed by atoms with van der Waals surface area (Å²) in [5.74, 6) is 0.921. The number of carbonyl (C=O) groups excluding carboxylic acids is 1. The van der Waals surface area contributed by atoms with Gasteiger partial charge < -0.3 is 24.6 Å². The summed E-state index contributed by atoms with van der Waals surface area (Å²) in [6.45, 7) is 3.27. The van der Waals surface area contributed by atoms with Crippen LogP contribution in [0.3, 0.4) is 0 Å². The smallest absolute Gasteiger partial charge is 0.255 e. The molecular formula is C29H34N4O5S. The zero-order valence-electron chi connectivity index (χ0n) is 21.9. The maximum atomic E-state index is 13.6. The Balaban J connectivity index is 1.18. The Hall–Kier alpha value is -3.24.